The zero-order valence-corrected chi connectivity index (χ0v) is 19.1. The van der Waals surface area contributed by atoms with Gasteiger partial charge in [0.05, 0.1) is 34.4 Å². The second-order valence-electron chi connectivity index (χ2n) is 7.80. The molecule has 2 aliphatic heterocycles. The van der Waals surface area contributed by atoms with E-state index in [4.69, 9.17) is 16.3 Å². The van der Waals surface area contributed by atoms with Gasteiger partial charge in [0.2, 0.25) is 10.0 Å². The third-order valence-electron chi connectivity index (χ3n) is 5.72. The minimum absolute atomic E-state index is 0.0249. The molecule has 2 aliphatic rings. The fraction of sp³-hybridized carbons (Fsp3) is 0.409. The smallest absolute Gasteiger partial charge is 0.257 e. The van der Waals surface area contributed by atoms with E-state index in [9.17, 15) is 17.6 Å². The summed E-state index contributed by atoms with van der Waals surface area (Å²) < 4.78 is 47.3. The molecule has 0 saturated carbocycles. The lowest BCUT2D eigenvalue weighted by Gasteiger charge is -2.31. The van der Waals surface area contributed by atoms with E-state index in [1.807, 2.05) is 0 Å². The van der Waals surface area contributed by atoms with Crippen molar-refractivity contribution in [3.05, 3.63) is 52.8 Å². The second kappa shape index (κ2) is 9.74. The Balaban J connectivity index is 1.72. The van der Waals surface area contributed by atoms with Gasteiger partial charge in [-0.25, -0.2) is 12.8 Å². The van der Waals surface area contributed by atoms with Crippen LogP contribution in [0.25, 0.3) is 0 Å². The zero-order valence-electron chi connectivity index (χ0n) is 17.5. The van der Waals surface area contributed by atoms with Gasteiger partial charge in [0.1, 0.15) is 0 Å². The van der Waals surface area contributed by atoms with Crippen molar-refractivity contribution in [1.82, 2.24) is 4.31 Å². The van der Waals surface area contributed by atoms with Gasteiger partial charge in [-0.1, -0.05) is 17.7 Å². The van der Waals surface area contributed by atoms with Crippen molar-refractivity contribution < 1.29 is 22.3 Å². The number of carbonyl (C=O) groups excluding carboxylic acids is 1. The van der Waals surface area contributed by atoms with Crippen LogP contribution in [-0.2, 0) is 14.8 Å². The third-order valence-corrected chi connectivity index (χ3v) is 7.90. The standard InChI is InChI=1S/C22H25ClFN3O4S/c23-18-5-4-6-19(21(18)24)25-22(28)17-15-16(32(29,30)27-11-13-31-14-12-27)7-8-20(17)26-9-2-1-3-10-26/h4-8,15H,1-3,9-14H2,(H,25,28). The average Bonchev–Trinajstić information content (AvgIpc) is 2.82. The van der Waals surface area contributed by atoms with Gasteiger partial charge in [-0.3, -0.25) is 4.79 Å². The molecule has 0 aromatic heterocycles. The van der Waals surface area contributed by atoms with Crippen LogP contribution in [0.2, 0.25) is 5.02 Å². The number of sulfonamides is 1. The summed E-state index contributed by atoms with van der Waals surface area (Å²) in [6, 6.07) is 8.92. The molecule has 2 aromatic rings. The topological polar surface area (TPSA) is 79.0 Å². The molecule has 10 heteroatoms. The van der Waals surface area contributed by atoms with Crippen LogP contribution in [0.15, 0.2) is 41.3 Å². The number of benzene rings is 2. The minimum Gasteiger partial charge on any atom is -0.379 e. The van der Waals surface area contributed by atoms with Crippen LogP contribution < -0.4 is 10.2 Å². The molecule has 1 amide bonds. The Hall–Kier alpha value is -2.20. The van der Waals surface area contributed by atoms with E-state index in [1.165, 1.54) is 34.6 Å². The van der Waals surface area contributed by atoms with Gasteiger partial charge < -0.3 is 15.0 Å². The maximum Gasteiger partial charge on any atom is 0.257 e. The summed E-state index contributed by atoms with van der Waals surface area (Å²) in [6.07, 6.45) is 3.07. The number of amides is 1. The Kier molecular flexibility index (Phi) is 6.99. The lowest BCUT2D eigenvalue weighted by Crippen LogP contribution is -2.40. The van der Waals surface area contributed by atoms with Crippen molar-refractivity contribution in [2.75, 3.05) is 49.6 Å². The van der Waals surface area contributed by atoms with E-state index in [1.54, 1.807) is 6.07 Å². The summed E-state index contributed by atoms with van der Waals surface area (Å²) in [5, 5.41) is 2.44. The largest absolute Gasteiger partial charge is 0.379 e. The Labute approximate surface area is 192 Å². The van der Waals surface area contributed by atoms with E-state index < -0.39 is 21.7 Å². The predicted molar refractivity (Wildman–Crippen MR) is 121 cm³/mol. The van der Waals surface area contributed by atoms with E-state index in [-0.39, 0.29) is 34.3 Å². The molecule has 2 saturated heterocycles. The molecule has 4 rings (SSSR count). The molecule has 0 bridgehead atoms. The molecule has 0 spiro atoms. The number of piperidine rings is 1. The summed E-state index contributed by atoms with van der Waals surface area (Å²) in [7, 11) is -3.79. The van der Waals surface area contributed by atoms with Crippen LogP contribution in [0.4, 0.5) is 15.8 Å². The van der Waals surface area contributed by atoms with Gasteiger partial charge in [-0.2, -0.15) is 4.31 Å². The van der Waals surface area contributed by atoms with Crippen molar-refractivity contribution in [1.29, 1.82) is 0 Å². The summed E-state index contributed by atoms with van der Waals surface area (Å²) >= 11 is 5.84. The highest BCUT2D eigenvalue weighted by molar-refractivity contribution is 7.89. The first-order valence-corrected chi connectivity index (χ1v) is 12.4. The Morgan fingerprint density at radius 1 is 1.03 bits per heavy atom. The lowest BCUT2D eigenvalue weighted by molar-refractivity contribution is 0.0730. The normalized spacial score (nSPS) is 17.9. The van der Waals surface area contributed by atoms with Crippen molar-refractivity contribution in [2.45, 2.75) is 24.2 Å². The highest BCUT2D eigenvalue weighted by atomic mass is 35.5. The first-order chi connectivity index (χ1) is 15.4. The van der Waals surface area contributed by atoms with Crippen LogP contribution in [0.1, 0.15) is 29.6 Å². The quantitative estimate of drug-likeness (QED) is 0.703. The number of morpholine rings is 1. The average molecular weight is 482 g/mol. The fourth-order valence-electron chi connectivity index (χ4n) is 3.99. The van der Waals surface area contributed by atoms with Crippen molar-refractivity contribution in [3.8, 4) is 0 Å². The van der Waals surface area contributed by atoms with Crippen molar-refractivity contribution in [3.63, 3.8) is 0 Å². The van der Waals surface area contributed by atoms with Crippen LogP contribution in [0.5, 0.6) is 0 Å². The number of hydrogen-bond acceptors (Lipinski definition) is 5. The van der Waals surface area contributed by atoms with Gasteiger partial charge in [0.25, 0.3) is 5.91 Å². The summed E-state index contributed by atoms with van der Waals surface area (Å²) in [6.45, 7) is 2.69. The van der Waals surface area contributed by atoms with Gasteiger partial charge in [-0.05, 0) is 49.6 Å². The summed E-state index contributed by atoms with van der Waals surface area (Å²) in [4.78, 5) is 15.3. The molecular weight excluding hydrogens is 457 g/mol. The molecule has 7 nitrogen and oxygen atoms in total. The second-order valence-corrected chi connectivity index (χ2v) is 10.1. The maximum atomic E-state index is 14.4. The van der Waals surface area contributed by atoms with Gasteiger partial charge in [-0.15, -0.1) is 0 Å². The van der Waals surface area contributed by atoms with Gasteiger partial charge in [0, 0.05) is 31.9 Å². The van der Waals surface area contributed by atoms with Gasteiger partial charge >= 0.3 is 0 Å². The van der Waals surface area contributed by atoms with E-state index in [0.717, 1.165) is 32.4 Å². The molecule has 2 fully saturated rings. The number of halogens is 2. The molecule has 0 aliphatic carbocycles. The monoisotopic (exact) mass is 481 g/mol. The number of rotatable bonds is 5. The van der Waals surface area contributed by atoms with Gasteiger partial charge in [0.15, 0.2) is 5.82 Å². The van der Waals surface area contributed by atoms with Crippen molar-refractivity contribution >= 4 is 38.9 Å². The number of nitrogens with zero attached hydrogens (tertiary/aromatic N) is 2. The first kappa shape index (κ1) is 23.0. The first-order valence-electron chi connectivity index (χ1n) is 10.6. The molecule has 2 aromatic carbocycles. The van der Waals surface area contributed by atoms with Crippen LogP contribution in [-0.4, -0.2) is 58.0 Å². The number of hydrogen-bond donors (Lipinski definition) is 1. The highest BCUT2D eigenvalue weighted by Gasteiger charge is 2.29. The fourth-order valence-corrected chi connectivity index (χ4v) is 5.60. The molecule has 0 unspecified atom stereocenters. The van der Waals surface area contributed by atoms with Crippen LogP contribution >= 0.6 is 11.6 Å². The van der Waals surface area contributed by atoms with E-state index >= 15 is 0 Å². The molecule has 2 heterocycles. The van der Waals surface area contributed by atoms with Crippen LogP contribution in [0, 0.1) is 5.82 Å². The Morgan fingerprint density at radius 2 is 1.75 bits per heavy atom. The Morgan fingerprint density at radius 3 is 2.47 bits per heavy atom. The molecule has 1 N–H and O–H groups in total. The molecule has 0 atom stereocenters. The SMILES string of the molecule is O=C(Nc1cccc(Cl)c1F)c1cc(S(=O)(=O)N2CCOCC2)ccc1N1CCCCC1. The number of ether oxygens (including phenoxy) is 1. The summed E-state index contributed by atoms with van der Waals surface area (Å²) in [5.74, 6) is -1.33. The lowest BCUT2D eigenvalue weighted by atomic mass is 10.1. The molecule has 172 valence electrons. The summed E-state index contributed by atoms with van der Waals surface area (Å²) in [5.41, 5.74) is 0.750. The van der Waals surface area contributed by atoms with E-state index in [0.29, 0.717) is 18.9 Å². The predicted octanol–water partition coefficient (Wildman–Crippen LogP) is 3.74. The highest BCUT2D eigenvalue weighted by Crippen LogP contribution is 2.30. The number of anilines is 2. The van der Waals surface area contributed by atoms with Crippen molar-refractivity contribution in [2.24, 2.45) is 0 Å². The maximum absolute atomic E-state index is 14.4. The minimum atomic E-state index is -3.79. The molecular formula is C22H25ClFN3O4S. The third kappa shape index (κ3) is 4.76. The Bertz CT molecular complexity index is 1100. The molecule has 0 radical (unpaired) electrons. The molecule has 32 heavy (non-hydrogen) atoms. The van der Waals surface area contributed by atoms with E-state index in [2.05, 4.69) is 10.2 Å². The number of carbonyl (C=O) groups is 1. The number of nitrogens with one attached hydrogen (secondary N) is 1. The zero-order chi connectivity index (χ0) is 22.7. The van der Waals surface area contributed by atoms with Crippen LogP contribution in [0.3, 0.4) is 0 Å².